The highest BCUT2D eigenvalue weighted by molar-refractivity contribution is 5.82. The van der Waals surface area contributed by atoms with Crippen molar-refractivity contribution in [1.82, 2.24) is 9.80 Å². The van der Waals surface area contributed by atoms with Gasteiger partial charge in [0, 0.05) is 29.7 Å². The maximum Gasteiger partial charge on any atom is 0.408 e. The largest absolute Gasteiger partial charge is 0.465 e. The van der Waals surface area contributed by atoms with E-state index in [-0.39, 0.29) is 35.9 Å². The standard InChI is InChI=1S/C29H37N3O3/c1-29(2,3)32(28(34)35)24-16-10-8-14-21(24)27(33)31-18-17-22-25(19-11-5-4-6-12-19)30-23-15-9-7-13-20(23)26(22)31/h4-7,9,11-13,15,21-22,24-26,30H,8,10,14,16-18H2,1-3H3,(H,34,35)/t21-,22+,24+,25-,26-/m0/s1. The van der Waals surface area contributed by atoms with Gasteiger partial charge in [-0.05, 0) is 57.2 Å². The van der Waals surface area contributed by atoms with E-state index in [4.69, 9.17) is 0 Å². The van der Waals surface area contributed by atoms with Gasteiger partial charge in [-0.25, -0.2) is 4.79 Å². The molecular formula is C29H37N3O3. The zero-order valence-corrected chi connectivity index (χ0v) is 21.0. The Morgan fingerprint density at radius 1 is 0.971 bits per heavy atom. The van der Waals surface area contributed by atoms with Crippen LogP contribution in [0.2, 0.25) is 0 Å². The molecule has 3 aliphatic rings. The van der Waals surface area contributed by atoms with Crippen molar-refractivity contribution in [2.75, 3.05) is 11.9 Å². The second kappa shape index (κ2) is 9.21. The van der Waals surface area contributed by atoms with Crippen LogP contribution in [0.4, 0.5) is 10.5 Å². The second-order valence-corrected chi connectivity index (χ2v) is 11.3. The minimum absolute atomic E-state index is 0.000599. The second-order valence-electron chi connectivity index (χ2n) is 11.3. The molecule has 6 nitrogen and oxygen atoms in total. The van der Waals surface area contributed by atoms with Gasteiger partial charge in [-0.1, -0.05) is 61.4 Å². The van der Waals surface area contributed by atoms with E-state index in [0.29, 0.717) is 6.54 Å². The fraction of sp³-hybridized carbons (Fsp3) is 0.517. The summed E-state index contributed by atoms with van der Waals surface area (Å²) >= 11 is 0. The number of fused-ring (bicyclic) bond motifs is 3. The lowest BCUT2D eigenvalue weighted by molar-refractivity contribution is -0.141. The van der Waals surface area contributed by atoms with E-state index in [1.165, 1.54) is 11.1 Å². The summed E-state index contributed by atoms with van der Waals surface area (Å²) in [5, 5.41) is 13.9. The predicted molar refractivity (Wildman–Crippen MR) is 137 cm³/mol. The molecule has 2 fully saturated rings. The number of rotatable bonds is 3. The summed E-state index contributed by atoms with van der Waals surface area (Å²) in [4.78, 5) is 30.2. The number of benzene rings is 2. The minimum atomic E-state index is -0.933. The van der Waals surface area contributed by atoms with Gasteiger partial charge in [0.25, 0.3) is 0 Å². The third-order valence-electron chi connectivity index (χ3n) is 8.21. The molecule has 0 unspecified atom stereocenters. The van der Waals surface area contributed by atoms with Gasteiger partial charge in [0.2, 0.25) is 5.91 Å². The quantitative estimate of drug-likeness (QED) is 0.564. The van der Waals surface area contributed by atoms with E-state index in [9.17, 15) is 14.7 Å². The Morgan fingerprint density at radius 2 is 1.66 bits per heavy atom. The SMILES string of the molecule is CC(C)(C)N(C(=O)O)[C@@H]1CCCC[C@@H]1C(=O)N1CC[C@@H]2[C@H](c3ccccc3)Nc3ccccc3[C@@H]21. The van der Waals surface area contributed by atoms with Crippen LogP contribution < -0.4 is 5.32 Å². The molecule has 5 atom stereocenters. The number of hydrogen-bond donors (Lipinski definition) is 2. The number of carboxylic acid groups (broad SMARTS) is 1. The van der Waals surface area contributed by atoms with Crippen LogP contribution in [0.5, 0.6) is 0 Å². The number of likely N-dealkylation sites (tertiary alicyclic amines) is 1. The van der Waals surface area contributed by atoms with E-state index < -0.39 is 11.6 Å². The van der Waals surface area contributed by atoms with E-state index in [1.54, 1.807) is 4.90 Å². The Hall–Kier alpha value is -3.02. The number of nitrogens with zero attached hydrogens (tertiary/aromatic N) is 2. The van der Waals surface area contributed by atoms with Crippen molar-refractivity contribution in [3.8, 4) is 0 Å². The predicted octanol–water partition coefficient (Wildman–Crippen LogP) is 6.08. The van der Waals surface area contributed by atoms with Crippen molar-refractivity contribution in [2.45, 2.75) is 76.5 Å². The molecule has 35 heavy (non-hydrogen) atoms. The number of nitrogens with one attached hydrogen (secondary N) is 1. The van der Waals surface area contributed by atoms with Crippen LogP contribution in [0.15, 0.2) is 54.6 Å². The molecule has 186 valence electrons. The van der Waals surface area contributed by atoms with Crippen molar-refractivity contribution in [1.29, 1.82) is 0 Å². The fourth-order valence-electron chi connectivity index (χ4n) is 6.81. The first-order valence-electron chi connectivity index (χ1n) is 13.0. The third kappa shape index (κ3) is 4.28. The van der Waals surface area contributed by atoms with E-state index in [1.807, 2.05) is 32.9 Å². The molecule has 2 N–H and O–H groups in total. The van der Waals surface area contributed by atoms with E-state index in [2.05, 4.69) is 52.7 Å². The lowest BCUT2D eigenvalue weighted by atomic mass is 9.78. The summed E-state index contributed by atoms with van der Waals surface area (Å²) in [6.45, 7) is 6.49. The summed E-state index contributed by atoms with van der Waals surface area (Å²) < 4.78 is 0. The average Bonchev–Trinajstić information content (AvgIpc) is 3.28. The van der Waals surface area contributed by atoms with E-state index in [0.717, 1.165) is 37.8 Å². The van der Waals surface area contributed by atoms with Crippen LogP contribution in [0.3, 0.4) is 0 Å². The van der Waals surface area contributed by atoms with Crippen LogP contribution in [-0.2, 0) is 4.79 Å². The molecule has 1 saturated heterocycles. The summed E-state index contributed by atoms with van der Waals surface area (Å²) in [7, 11) is 0. The molecule has 2 aromatic carbocycles. The molecule has 0 spiro atoms. The average molecular weight is 476 g/mol. The Bertz CT molecular complexity index is 1080. The van der Waals surface area contributed by atoms with Crippen molar-refractivity contribution in [3.05, 3.63) is 65.7 Å². The zero-order chi connectivity index (χ0) is 24.7. The van der Waals surface area contributed by atoms with Crippen molar-refractivity contribution < 1.29 is 14.7 Å². The Balaban J connectivity index is 1.49. The molecule has 2 aromatic rings. The summed E-state index contributed by atoms with van der Waals surface area (Å²) in [5.74, 6) is 0.104. The number of anilines is 1. The summed E-state index contributed by atoms with van der Waals surface area (Å²) in [5.41, 5.74) is 2.95. The number of amides is 2. The minimum Gasteiger partial charge on any atom is -0.465 e. The molecule has 1 saturated carbocycles. The van der Waals surface area contributed by atoms with Gasteiger partial charge in [0.15, 0.2) is 0 Å². The van der Waals surface area contributed by atoms with Crippen molar-refractivity contribution in [2.24, 2.45) is 11.8 Å². The van der Waals surface area contributed by atoms with Gasteiger partial charge in [0.05, 0.1) is 18.0 Å². The smallest absolute Gasteiger partial charge is 0.408 e. The monoisotopic (exact) mass is 475 g/mol. The number of carbonyl (C=O) groups is 2. The van der Waals surface area contributed by atoms with Gasteiger partial charge in [-0.2, -0.15) is 0 Å². The topological polar surface area (TPSA) is 72.9 Å². The summed E-state index contributed by atoms with van der Waals surface area (Å²) in [6, 6.07) is 18.7. The zero-order valence-electron chi connectivity index (χ0n) is 21.0. The Labute approximate surface area is 208 Å². The highest BCUT2D eigenvalue weighted by atomic mass is 16.4. The highest BCUT2D eigenvalue weighted by Crippen LogP contribution is 2.52. The van der Waals surface area contributed by atoms with Gasteiger partial charge in [-0.15, -0.1) is 0 Å². The maximum absolute atomic E-state index is 14.3. The Kier molecular flexibility index (Phi) is 6.24. The molecule has 5 rings (SSSR count). The molecule has 2 aliphatic heterocycles. The van der Waals surface area contributed by atoms with Crippen molar-refractivity contribution in [3.63, 3.8) is 0 Å². The maximum atomic E-state index is 14.3. The molecule has 2 heterocycles. The van der Waals surface area contributed by atoms with Gasteiger partial charge in [-0.3, -0.25) is 9.69 Å². The molecule has 1 aliphatic carbocycles. The van der Waals surface area contributed by atoms with Gasteiger partial charge < -0.3 is 15.3 Å². The number of para-hydroxylation sites is 1. The molecule has 0 bridgehead atoms. The van der Waals surface area contributed by atoms with Crippen LogP contribution in [0.25, 0.3) is 0 Å². The molecule has 0 aromatic heterocycles. The van der Waals surface area contributed by atoms with Crippen LogP contribution in [-0.4, -0.2) is 45.0 Å². The Morgan fingerprint density at radius 3 is 2.37 bits per heavy atom. The van der Waals surface area contributed by atoms with Gasteiger partial charge in [0.1, 0.15) is 0 Å². The van der Waals surface area contributed by atoms with Crippen LogP contribution >= 0.6 is 0 Å². The first kappa shape index (κ1) is 23.7. The third-order valence-corrected chi connectivity index (χ3v) is 8.21. The number of carbonyl (C=O) groups excluding carboxylic acids is 1. The first-order valence-corrected chi connectivity index (χ1v) is 13.0. The molecule has 0 radical (unpaired) electrons. The van der Waals surface area contributed by atoms with Crippen LogP contribution in [0, 0.1) is 11.8 Å². The molecule has 6 heteroatoms. The lowest BCUT2D eigenvalue weighted by Crippen LogP contribution is -2.57. The van der Waals surface area contributed by atoms with Gasteiger partial charge >= 0.3 is 6.09 Å². The first-order chi connectivity index (χ1) is 16.8. The molecule has 2 amide bonds. The fourth-order valence-corrected chi connectivity index (χ4v) is 6.81. The van der Waals surface area contributed by atoms with E-state index >= 15 is 0 Å². The van der Waals surface area contributed by atoms with Crippen molar-refractivity contribution >= 4 is 17.7 Å². The van der Waals surface area contributed by atoms with Crippen LogP contribution in [0.1, 0.15) is 76.1 Å². The number of hydrogen-bond acceptors (Lipinski definition) is 3. The molecular weight excluding hydrogens is 438 g/mol. The highest BCUT2D eigenvalue weighted by Gasteiger charge is 2.50. The normalized spacial score (nSPS) is 28.0. The lowest BCUT2D eigenvalue weighted by Gasteiger charge is -2.46. The summed E-state index contributed by atoms with van der Waals surface area (Å²) in [6.07, 6.45) is 3.42.